The van der Waals surface area contributed by atoms with E-state index in [4.69, 9.17) is 4.42 Å². The maximum atomic E-state index is 5.83. The fourth-order valence-corrected chi connectivity index (χ4v) is 2.48. The molecule has 0 aromatic carbocycles. The van der Waals surface area contributed by atoms with Crippen molar-refractivity contribution >= 4 is 15.9 Å². The van der Waals surface area contributed by atoms with Crippen LogP contribution in [0.1, 0.15) is 37.1 Å². The van der Waals surface area contributed by atoms with Gasteiger partial charge in [-0.2, -0.15) is 0 Å². The molecule has 18 heavy (non-hydrogen) atoms. The number of aryl methyl sites for hydroxylation is 2. The summed E-state index contributed by atoms with van der Waals surface area (Å²) in [6.45, 7) is 4.98. The van der Waals surface area contributed by atoms with Crippen molar-refractivity contribution in [2.24, 2.45) is 7.05 Å². The van der Waals surface area contributed by atoms with E-state index in [0.29, 0.717) is 0 Å². The predicted molar refractivity (Wildman–Crippen MR) is 72.3 cm³/mol. The molecule has 0 amide bonds. The van der Waals surface area contributed by atoms with Crippen molar-refractivity contribution in [3.63, 3.8) is 0 Å². The molecule has 2 heterocycles. The van der Waals surface area contributed by atoms with E-state index in [1.54, 1.807) is 4.68 Å². The number of halogens is 1. The van der Waals surface area contributed by atoms with Gasteiger partial charge < -0.3 is 9.73 Å². The Labute approximate surface area is 115 Å². The second-order valence-electron chi connectivity index (χ2n) is 4.04. The number of hydrogen-bond acceptors (Lipinski definition) is 4. The molecule has 2 aromatic heterocycles. The molecule has 0 aliphatic carbocycles. The van der Waals surface area contributed by atoms with Gasteiger partial charge in [0.05, 0.1) is 5.69 Å². The lowest BCUT2D eigenvalue weighted by atomic mass is 10.1. The Balaban J connectivity index is 2.39. The average molecular weight is 313 g/mol. The Morgan fingerprint density at radius 3 is 2.72 bits per heavy atom. The summed E-state index contributed by atoms with van der Waals surface area (Å²) in [6, 6.07) is 3.98. The highest BCUT2D eigenvalue weighted by Crippen LogP contribution is 2.28. The predicted octanol–water partition coefficient (Wildman–Crippen LogP) is 2.43. The molecular formula is C12H17BrN4O. The lowest BCUT2D eigenvalue weighted by Gasteiger charge is -2.15. The molecule has 2 aromatic rings. The molecule has 0 fully saturated rings. The van der Waals surface area contributed by atoms with Gasteiger partial charge in [-0.05, 0) is 34.6 Å². The highest BCUT2D eigenvalue weighted by Gasteiger charge is 2.23. The van der Waals surface area contributed by atoms with Crippen molar-refractivity contribution in [2.75, 3.05) is 6.54 Å². The van der Waals surface area contributed by atoms with E-state index in [-0.39, 0.29) is 6.04 Å². The fourth-order valence-electron chi connectivity index (χ4n) is 1.92. The number of nitrogens with one attached hydrogen (secondary N) is 1. The summed E-state index contributed by atoms with van der Waals surface area (Å²) in [5.74, 6) is 1.87. The normalized spacial score (nSPS) is 12.9. The molecule has 0 aliphatic heterocycles. The summed E-state index contributed by atoms with van der Waals surface area (Å²) < 4.78 is 8.33. The van der Waals surface area contributed by atoms with Gasteiger partial charge in [0.25, 0.3) is 0 Å². The van der Waals surface area contributed by atoms with Gasteiger partial charge in [-0.25, -0.2) is 4.68 Å². The maximum absolute atomic E-state index is 5.83. The number of aromatic nitrogens is 3. The Kier molecular flexibility index (Phi) is 4.19. The van der Waals surface area contributed by atoms with E-state index in [1.165, 1.54) is 0 Å². The van der Waals surface area contributed by atoms with Crippen LogP contribution in [-0.4, -0.2) is 21.5 Å². The van der Waals surface area contributed by atoms with Gasteiger partial charge in [-0.1, -0.05) is 19.1 Å². The maximum Gasteiger partial charge on any atom is 0.153 e. The van der Waals surface area contributed by atoms with E-state index in [9.17, 15) is 0 Å². The first-order chi connectivity index (χ1) is 8.67. The van der Waals surface area contributed by atoms with Crippen LogP contribution in [0.3, 0.4) is 0 Å². The lowest BCUT2D eigenvalue weighted by Crippen LogP contribution is -2.24. The van der Waals surface area contributed by atoms with Gasteiger partial charge in [0.1, 0.15) is 17.6 Å². The topological polar surface area (TPSA) is 55.9 Å². The van der Waals surface area contributed by atoms with Crippen LogP contribution in [-0.2, 0) is 13.5 Å². The first-order valence-electron chi connectivity index (χ1n) is 6.04. The van der Waals surface area contributed by atoms with Gasteiger partial charge >= 0.3 is 0 Å². The summed E-state index contributed by atoms with van der Waals surface area (Å²) >= 11 is 3.43. The van der Waals surface area contributed by atoms with Crippen molar-refractivity contribution in [3.8, 4) is 0 Å². The Morgan fingerprint density at radius 1 is 1.44 bits per heavy atom. The summed E-state index contributed by atoms with van der Waals surface area (Å²) in [7, 11) is 1.88. The number of hydrogen-bond donors (Lipinski definition) is 1. The first kappa shape index (κ1) is 13.3. The van der Waals surface area contributed by atoms with Crippen LogP contribution in [0.2, 0.25) is 0 Å². The number of rotatable bonds is 5. The molecule has 0 aliphatic rings. The highest BCUT2D eigenvalue weighted by molar-refractivity contribution is 9.10. The molecule has 6 heteroatoms. The molecule has 0 radical (unpaired) electrons. The quantitative estimate of drug-likeness (QED) is 0.921. The van der Waals surface area contributed by atoms with Crippen molar-refractivity contribution in [1.29, 1.82) is 0 Å². The SMILES string of the molecule is CCNC(c1ccc(CC)o1)c1c(Br)nnn1C. The third-order valence-electron chi connectivity index (χ3n) is 2.82. The molecule has 1 N–H and O–H groups in total. The standard InChI is InChI=1S/C12H17BrN4O/c1-4-8-6-7-9(18-8)10(14-5-2)11-12(13)15-16-17(11)3/h6-7,10,14H,4-5H2,1-3H3. The molecule has 98 valence electrons. The van der Waals surface area contributed by atoms with E-state index in [0.717, 1.165) is 34.8 Å². The van der Waals surface area contributed by atoms with E-state index in [1.807, 2.05) is 19.2 Å². The van der Waals surface area contributed by atoms with Crippen molar-refractivity contribution in [3.05, 3.63) is 34.0 Å². The zero-order chi connectivity index (χ0) is 13.1. The van der Waals surface area contributed by atoms with Crippen molar-refractivity contribution in [2.45, 2.75) is 26.3 Å². The average Bonchev–Trinajstić information content (AvgIpc) is 2.95. The molecule has 0 bridgehead atoms. The van der Waals surface area contributed by atoms with Crippen LogP contribution < -0.4 is 5.32 Å². The minimum Gasteiger partial charge on any atom is -0.464 e. The Bertz CT molecular complexity index is 500. The second kappa shape index (κ2) is 5.67. The van der Waals surface area contributed by atoms with Crippen LogP contribution in [0.15, 0.2) is 21.2 Å². The molecule has 0 saturated carbocycles. The van der Waals surface area contributed by atoms with Crippen molar-refractivity contribution in [1.82, 2.24) is 20.3 Å². The fraction of sp³-hybridized carbons (Fsp3) is 0.500. The van der Waals surface area contributed by atoms with Crippen LogP contribution in [0.4, 0.5) is 0 Å². The zero-order valence-electron chi connectivity index (χ0n) is 10.8. The lowest BCUT2D eigenvalue weighted by molar-refractivity contribution is 0.414. The van der Waals surface area contributed by atoms with Gasteiger partial charge in [0.2, 0.25) is 0 Å². The van der Waals surface area contributed by atoms with Crippen molar-refractivity contribution < 1.29 is 4.42 Å². The van der Waals surface area contributed by atoms with Gasteiger partial charge in [0, 0.05) is 13.5 Å². The molecular weight excluding hydrogens is 296 g/mol. The smallest absolute Gasteiger partial charge is 0.153 e. The zero-order valence-corrected chi connectivity index (χ0v) is 12.4. The van der Waals surface area contributed by atoms with Gasteiger partial charge in [-0.15, -0.1) is 5.10 Å². The van der Waals surface area contributed by atoms with Crippen LogP contribution in [0.25, 0.3) is 0 Å². The van der Waals surface area contributed by atoms with Crippen LogP contribution in [0.5, 0.6) is 0 Å². The molecule has 0 spiro atoms. The largest absolute Gasteiger partial charge is 0.464 e. The minimum absolute atomic E-state index is 0.0373. The molecule has 0 saturated heterocycles. The molecule has 1 unspecified atom stereocenters. The Morgan fingerprint density at radius 2 is 2.22 bits per heavy atom. The monoisotopic (exact) mass is 312 g/mol. The van der Waals surface area contributed by atoms with Gasteiger partial charge in [0.15, 0.2) is 4.60 Å². The molecule has 1 atom stereocenters. The van der Waals surface area contributed by atoms with Gasteiger partial charge in [-0.3, -0.25) is 0 Å². The highest BCUT2D eigenvalue weighted by atomic mass is 79.9. The third kappa shape index (κ3) is 2.49. The summed E-state index contributed by atoms with van der Waals surface area (Å²) in [5.41, 5.74) is 0.967. The second-order valence-corrected chi connectivity index (χ2v) is 4.79. The Hall–Kier alpha value is -1.14. The van der Waals surface area contributed by atoms with Crippen LogP contribution >= 0.6 is 15.9 Å². The summed E-state index contributed by atoms with van der Waals surface area (Å²) in [5, 5.41) is 11.4. The van der Waals surface area contributed by atoms with Crippen LogP contribution in [0, 0.1) is 0 Å². The number of nitrogens with zero attached hydrogens (tertiary/aromatic N) is 3. The third-order valence-corrected chi connectivity index (χ3v) is 3.39. The summed E-state index contributed by atoms with van der Waals surface area (Å²) in [6.07, 6.45) is 0.893. The summed E-state index contributed by atoms with van der Waals surface area (Å²) in [4.78, 5) is 0. The molecule has 5 nitrogen and oxygen atoms in total. The minimum atomic E-state index is -0.0373. The first-order valence-corrected chi connectivity index (χ1v) is 6.83. The number of furan rings is 1. The van der Waals surface area contributed by atoms with E-state index >= 15 is 0 Å². The van der Waals surface area contributed by atoms with E-state index in [2.05, 4.69) is 45.4 Å². The molecule has 2 rings (SSSR count). The van der Waals surface area contributed by atoms with E-state index < -0.39 is 0 Å².